The molecular weight excluding hydrogens is 441 g/mol. The molecule has 10 nitrogen and oxygen atoms in total. The molecule has 0 saturated carbocycles. The third-order valence-electron chi connectivity index (χ3n) is 5.80. The molecule has 172 valence electrons. The highest BCUT2D eigenvalue weighted by Crippen LogP contribution is 2.34. The molecule has 32 heavy (non-hydrogen) atoms. The number of hydrogen-bond acceptors (Lipinski definition) is 6. The fourth-order valence-electron chi connectivity index (χ4n) is 4.08. The van der Waals surface area contributed by atoms with E-state index in [1.54, 1.807) is 0 Å². The smallest absolute Gasteiger partial charge is 0.296 e. The van der Waals surface area contributed by atoms with E-state index in [4.69, 9.17) is 0 Å². The SMILES string of the molecule is CN1CCCN(C2CCCn3c2nc(C(=O)NCc2ccc(F)cc2)c(O)c3=O)S1(=O)=O. The average Bonchev–Trinajstić information content (AvgIpc) is 2.77. The summed E-state index contributed by atoms with van der Waals surface area (Å²) in [6.45, 7) is 0.985. The van der Waals surface area contributed by atoms with Gasteiger partial charge >= 0.3 is 0 Å². The maximum absolute atomic E-state index is 13.1. The molecule has 0 radical (unpaired) electrons. The van der Waals surface area contributed by atoms with Crippen LogP contribution in [0.4, 0.5) is 4.39 Å². The standard InChI is InChI=1S/C20H24FN5O5S/c1-24-9-3-11-26(32(24,30)31)15-4-2-10-25-18(15)23-16(17(27)20(25)29)19(28)22-12-13-5-7-14(21)8-6-13/h5-8,15,27H,2-4,9-12H2,1H3,(H,22,28). The summed E-state index contributed by atoms with van der Waals surface area (Å²) >= 11 is 0. The maximum atomic E-state index is 13.1. The van der Waals surface area contributed by atoms with Crippen LogP contribution in [0.2, 0.25) is 0 Å². The fourth-order valence-corrected chi connectivity index (χ4v) is 5.68. The molecule has 1 aromatic carbocycles. The van der Waals surface area contributed by atoms with Crippen LogP contribution in [0.15, 0.2) is 29.1 Å². The fraction of sp³-hybridized carbons (Fsp3) is 0.450. The minimum Gasteiger partial charge on any atom is -0.501 e. The second kappa shape index (κ2) is 8.60. The topological polar surface area (TPSA) is 125 Å². The summed E-state index contributed by atoms with van der Waals surface area (Å²) in [6, 6.07) is 4.79. The average molecular weight is 466 g/mol. The molecule has 3 heterocycles. The van der Waals surface area contributed by atoms with E-state index in [-0.39, 0.29) is 25.5 Å². The second-order valence-corrected chi connectivity index (χ2v) is 9.87. The molecule has 1 aromatic heterocycles. The molecule has 0 spiro atoms. The van der Waals surface area contributed by atoms with Crippen LogP contribution in [0, 0.1) is 5.82 Å². The van der Waals surface area contributed by atoms with Gasteiger partial charge in [0.15, 0.2) is 5.69 Å². The normalized spacial score (nSPS) is 21.1. The number of benzene rings is 1. The third kappa shape index (κ3) is 4.00. The zero-order valence-electron chi connectivity index (χ0n) is 17.5. The number of fused-ring (bicyclic) bond motifs is 1. The summed E-state index contributed by atoms with van der Waals surface area (Å²) in [4.78, 5) is 29.8. The van der Waals surface area contributed by atoms with Gasteiger partial charge in [0.05, 0.1) is 6.04 Å². The van der Waals surface area contributed by atoms with Gasteiger partial charge in [-0.05, 0) is 37.0 Å². The monoisotopic (exact) mass is 465 g/mol. The van der Waals surface area contributed by atoms with Gasteiger partial charge in [-0.3, -0.25) is 14.2 Å². The lowest BCUT2D eigenvalue weighted by molar-refractivity contribution is 0.0940. The van der Waals surface area contributed by atoms with Gasteiger partial charge in [-0.25, -0.2) is 9.37 Å². The Bertz CT molecular complexity index is 1200. The Morgan fingerprint density at radius 3 is 2.66 bits per heavy atom. The predicted molar refractivity (Wildman–Crippen MR) is 113 cm³/mol. The highest BCUT2D eigenvalue weighted by molar-refractivity contribution is 7.86. The van der Waals surface area contributed by atoms with E-state index in [0.717, 1.165) is 0 Å². The summed E-state index contributed by atoms with van der Waals surface area (Å²) in [5.74, 6) is -1.84. The van der Waals surface area contributed by atoms with Crippen molar-refractivity contribution in [2.24, 2.45) is 0 Å². The van der Waals surface area contributed by atoms with Gasteiger partial charge in [-0.15, -0.1) is 0 Å². The van der Waals surface area contributed by atoms with E-state index in [1.807, 2.05) is 0 Å². The summed E-state index contributed by atoms with van der Waals surface area (Å²) < 4.78 is 42.6. The predicted octanol–water partition coefficient (Wildman–Crippen LogP) is 0.735. The van der Waals surface area contributed by atoms with Crippen LogP contribution >= 0.6 is 0 Å². The van der Waals surface area contributed by atoms with E-state index in [9.17, 15) is 27.5 Å². The molecule has 12 heteroatoms. The van der Waals surface area contributed by atoms with Crippen molar-refractivity contribution in [3.8, 4) is 5.75 Å². The lowest BCUT2D eigenvalue weighted by Gasteiger charge is -2.39. The molecule has 0 aliphatic carbocycles. The Balaban J connectivity index is 1.67. The Hall–Kier alpha value is -2.83. The Morgan fingerprint density at radius 2 is 1.94 bits per heavy atom. The maximum Gasteiger partial charge on any atom is 0.296 e. The Kier molecular flexibility index (Phi) is 6.01. The first-order chi connectivity index (χ1) is 15.2. The molecule has 1 atom stereocenters. The molecule has 1 amide bonds. The molecule has 2 aliphatic rings. The van der Waals surface area contributed by atoms with Crippen molar-refractivity contribution in [3.63, 3.8) is 0 Å². The molecule has 2 N–H and O–H groups in total. The van der Waals surface area contributed by atoms with E-state index in [2.05, 4.69) is 10.3 Å². The second-order valence-electron chi connectivity index (χ2n) is 7.88. The van der Waals surface area contributed by atoms with Crippen molar-refractivity contribution >= 4 is 16.1 Å². The first kappa shape index (κ1) is 22.4. The molecular formula is C20H24FN5O5S. The van der Waals surface area contributed by atoms with Crippen LogP contribution in [-0.2, 0) is 23.3 Å². The van der Waals surface area contributed by atoms with Crippen molar-refractivity contribution in [2.45, 2.75) is 38.4 Å². The van der Waals surface area contributed by atoms with E-state index in [1.165, 1.54) is 44.5 Å². The summed E-state index contributed by atoms with van der Waals surface area (Å²) in [5.41, 5.74) is -0.623. The van der Waals surface area contributed by atoms with Crippen LogP contribution in [0.1, 0.15) is 47.2 Å². The summed E-state index contributed by atoms with van der Waals surface area (Å²) in [6.07, 6.45) is 1.60. The lowest BCUT2D eigenvalue weighted by atomic mass is 10.1. The number of aromatic hydroxyl groups is 1. The highest BCUT2D eigenvalue weighted by Gasteiger charge is 2.40. The third-order valence-corrected chi connectivity index (χ3v) is 7.80. The van der Waals surface area contributed by atoms with E-state index in [0.29, 0.717) is 31.4 Å². The van der Waals surface area contributed by atoms with E-state index >= 15 is 0 Å². The molecule has 1 fully saturated rings. The molecule has 1 saturated heterocycles. The van der Waals surface area contributed by atoms with Crippen LogP contribution in [0.25, 0.3) is 0 Å². The Morgan fingerprint density at radius 1 is 1.22 bits per heavy atom. The number of aromatic nitrogens is 2. The van der Waals surface area contributed by atoms with Crippen molar-refractivity contribution in [1.82, 2.24) is 23.5 Å². The van der Waals surface area contributed by atoms with Crippen LogP contribution < -0.4 is 10.9 Å². The quantitative estimate of drug-likeness (QED) is 0.686. The number of carbonyl (C=O) groups is 1. The van der Waals surface area contributed by atoms with Gasteiger partial charge in [0.1, 0.15) is 11.6 Å². The number of nitrogens with one attached hydrogen (secondary N) is 1. The largest absolute Gasteiger partial charge is 0.501 e. The summed E-state index contributed by atoms with van der Waals surface area (Å²) in [7, 11) is -2.24. The van der Waals surface area contributed by atoms with Crippen molar-refractivity contribution in [3.05, 3.63) is 57.5 Å². The molecule has 2 aromatic rings. The molecule has 2 aliphatic heterocycles. The number of rotatable bonds is 4. The first-order valence-electron chi connectivity index (χ1n) is 10.3. The zero-order chi connectivity index (χ0) is 23.0. The number of carbonyl (C=O) groups excluding carboxylic acids is 1. The minimum atomic E-state index is -3.73. The van der Waals surface area contributed by atoms with Gasteiger partial charge < -0.3 is 10.4 Å². The van der Waals surface area contributed by atoms with Gasteiger partial charge in [0.25, 0.3) is 21.7 Å². The zero-order valence-corrected chi connectivity index (χ0v) is 18.3. The van der Waals surface area contributed by atoms with Crippen LogP contribution in [-0.4, -0.2) is 57.7 Å². The van der Waals surface area contributed by atoms with Gasteiger partial charge in [-0.2, -0.15) is 17.0 Å². The van der Waals surface area contributed by atoms with Crippen LogP contribution in [0.5, 0.6) is 5.75 Å². The minimum absolute atomic E-state index is 0.0351. The van der Waals surface area contributed by atoms with Gasteiger partial charge in [-0.1, -0.05) is 12.1 Å². The van der Waals surface area contributed by atoms with Crippen molar-refractivity contribution < 1.29 is 22.7 Å². The van der Waals surface area contributed by atoms with Gasteiger partial charge in [0.2, 0.25) is 5.75 Å². The number of amides is 1. The first-order valence-corrected chi connectivity index (χ1v) is 11.7. The van der Waals surface area contributed by atoms with Crippen LogP contribution in [0.3, 0.4) is 0 Å². The highest BCUT2D eigenvalue weighted by atomic mass is 32.2. The van der Waals surface area contributed by atoms with Gasteiger partial charge in [0, 0.05) is 33.2 Å². The molecule has 1 unspecified atom stereocenters. The Labute approximate surface area is 184 Å². The molecule has 0 bridgehead atoms. The number of hydrogen-bond donors (Lipinski definition) is 2. The van der Waals surface area contributed by atoms with E-state index < -0.39 is 45.0 Å². The van der Waals surface area contributed by atoms with Crippen molar-refractivity contribution in [1.29, 1.82) is 0 Å². The lowest BCUT2D eigenvalue weighted by Crippen LogP contribution is -2.51. The summed E-state index contributed by atoms with van der Waals surface area (Å²) in [5, 5.41) is 12.9. The molecule has 4 rings (SSSR count). The number of nitrogens with zero attached hydrogens (tertiary/aromatic N) is 4. The number of halogens is 1. The van der Waals surface area contributed by atoms with Crippen molar-refractivity contribution in [2.75, 3.05) is 20.1 Å².